The zero-order valence-electron chi connectivity index (χ0n) is 18.3. The second-order valence-electron chi connectivity index (χ2n) is 6.57. The van der Waals surface area contributed by atoms with Gasteiger partial charge in [-0.25, -0.2) is 4.99 Å². The first-order valence-electron chi connectivity index (χ1n) is 10.0. The Kier molecular flexibility index (Phi) is 9.95. The Hall–Kier alpha value is -2.95. The van der Waals surface area contributed by atoms with Crippen molar-refractivity contribution >= 4 is 5.96 Å². The zero-order chi connectivity index (χ0) is 22.6. The number of nitrogens with one attached hydrogen (secondary N) is 2. The van der Waals surface area contributed by atoms with Crippen LogP contribution in [0.25, 0.3) is 0 Å². The van der Waals surface area contributed by atoms with Crippen molar-refractivity contribution in [2.24, 2.45) is 12.0 Å². The summed E-state index contributed by atoms with van der Waals surface area (Å²) >= 11 is 0. The van der Waals surface area contributed by atoms with Gasteiger partial charge in [0, 0.05) is 32.4 Å². The number of nitrogens with zero attached hydrogens (tertiary/aromatic N) is 4. The topological polar surface area (TPSA) is 94.8 Å². The molecule has 2 rings (SSSR count). The minimum atomic E-state index is -2.93. The van der Waals surface area contributed by atoms with Gasteiger partial charge in [0.2, 0.25) is 0 Å². The highest BCUT2D eigenvalue weighted by atomic mass is 19.3. The van der Waals surface area contributed by atoms with E-state index in [1.807, 2.05) is 25.5 Å². The lowest BCUT2D eigenvalue weighted by molar-refractivity contribution is -0.0504. The number of methoxy groups -OCH3 is 1. The quantitative estimate of drug-likeness (QED) is 0.297. The number of rotatable bonds is 12. The third-order valence-electron chi connectivity index (χ3n) is 4.45. The van der Waals surface area contributed by atoms with E-state index in [0.29, 0.717) is 43.6 Å². The smallest absolute Gasteiger partial charge is 0.387 e. The van der Waals surface area contributed by atoms with E-state index >= 15 is 0 Å². The van der Waals surface area contributed by atoms with Crippen molar-refractivity contribution in [3.05, 3.63) is 35.4 Å². The number of guanidine groups is 1. The number of aromatic nitrogens is 3. The third kappa shape index (κ3) is 8.00. The van der Waals surface area contributed by atoms with Crippen molar-refractivity contribution in [2.75, 3.05) is 26.9 Å². The maximum absolute atomic E-state index is 12.8. The van der Waals surface area contributed by atoms with Crippen molar-refractivity contribution < 1.29 is 23.0 Å². The van der Waals surface area contributed by atoms with Gasteiger partial charge in [0.05, 0.1) is 20.2 Å². The first-order chi connectivity index (χ1) is 14.9. The Morgan fingerprint density at radius 1 is 1.26 bits per heavy atom. The Morgan fingerprint density at radius 2 is 2.06 bits per heavy atom. The van der Waals surface area contributed by atoms with Crippen LogP contribution in [0.15, 0.2) is 23.2 Å². The highest BCUT2D eigenvalue weighted by Gasteiger charge is 2.12. The number of aryl methyl sites for hydroxylation is 1. The predicted molar refractivity (Wildman–Crippen MR) is 112 cm³/mol. The third-order valence-corrected chi connectivity index (χ3v) is 4.45. The summed E-state index contributed by atoms with van der Waals surface area (Å²) in [6.45, 7) is 3.30. The minimum absolute atomic E-state index is 0.0548. The van der Waals surface area contributed by atoms with Gasteiger partial charge in [0.1, 0.15) is 17.3 Å². The van der Waals surface area contributed by atoms with Crippen LogP contribution in [0.1, 0.15) is 30.6 Å². The second-order valence-corrected chi connectivity index (χ2v) is 6.57. The fourth-order valence-electron chi connectivity index (χ4n) is 2.65. The summed E-state index contributed by atoms with van der Waals surface area (Å²) in [5.74, 6) is 2.62. The molecule has 0 bridgehead atoms. The molecule has 9 nitrogen and oxygen atoms in total. The molecule has 0 unspecified atom stereocenters. The van der Waals surface area contributed by atoms with E-state index in [1.165, 1.54) is 13.2 Å². The molecule has 0 amide bonds. The second kappa shape index (κ2) is 12.7. The van der Waals surface area contributed by atoms with Crippen LogP contribution in [0.3, 0.4) is 0 Å². The number of hydrogen-bond donors (Lipinski definition) is 2. The number of benzene rings is 1. The molecule has 0 fully saturated rings. The lowest BCUT2D eigenvalue weighted by Crippen LogP contribution is -2.38. The summed E-state index contributed by atoms with van der Waals surface area (Å²) in [5.41, 5.74) is 0.476. The number of aliphatic imine (C=N–C) groups is 1. The largest absolute Gasteiger partial charge is 0.497 e. The average molecular weight is 440 g/mol. The molecule has 0 atom stereocenters. The molecular weight excluding hydrogens is 410 g/mol. The maximum Gasteiger partial charge on any atom is 0.387 e. The van der Waals surface area contributed by atoms with Gasteiger partial charge in [0.15, 0.2) is 11.8 Å². The maximum atomic E-state index is 12.8. The lowest BCUT2D eigenvalue weighted by atomic mass is 10.2. The van der Waals surface area contributed by atoms with Crippen LogP contribution >= 0.6 is 0 Å². The molecule has 0 aliphatic carbocycles. The molecule has 1 heterocycles. The highest BCUT2D eigenvalue weighted by molar-refractivity contribution is 5.79. The average Bonchev–Trinajstić information content (AvgIpc) is 3.07. The molecule has 172 valence electrons. The van der Waals surface area contributed by atoms with Crippen molar-refractivity contribution in [2.45, 2.75) is 40.0 Å². The molecule has 2 N–H and O–H groups in total. The van der Waals surface area contributed by atoms with Crippen LogP contribution in [0.4, 0.5) is 8.78 Å². The van der Waals surface area contributed by atoms with E-state index in [-0.39, 0.29) is 12.3 Å². The summed E-state index contributed by atoms with van der Waals surface area (Å²) < 4.78 is 42.5. The molecule has 0 aliphatic rings. The van der Waals surface area contributed by atoms with Gasteiger partial charge in [0.25, 0.3) is 0 Å². The fourth-order valence-corrected chi connectivity index (χ4v) is 2.65. The summed E-state index contributed by atoms with van der Waals surface area (Å²) in [5, 5.41) is 14.6. The molecule has 1 aromatic carbocycles. The van der Waals surface area contributed by atoms with Gasteiger partial charge < -0.3 is 29.4 Å². The molecule has 2 aromatic rings. The van der Waals surface area contributed by atoms with Crippen LogP contribution in [0.5, 0.6) is 11.5 Å². The fraction of sp³-hybridized carbons (Fsp3) is 0.550. The van der Waals surface area contributed by atoms with Gasteiger partial charge in [-0.15, -0.1) is 10.2 Å². The monoisotopic (exact) mass is 440 g/mol. The van der Waals surface area contributed by atoms with Crippen LogP contribution in [0, 0.1) is 6.92 Å². The van der Waals surface area contributed by atoms with Crippen LogP contribution in [-0.4, -0.2) is 54.2 Å². The standard InChI is InChI=1S/C20H30F2N6O3/c1-5-30-10-6-9-23-20(25-13-18-27-26-14(2)28(18)3)24-12-15-11-16(29-4)7-8-17(15)31-19(21)22/h7-8,11,19H,5-6,9-10,12-13H2,1-4H3,(H2,23,24,25). The Morgan fingerprint density at radius 3 is 2.71 bits per heavy atom. The van der Waals surface area contributed by atoms with E-state index in [2.05, 4.69) is 30.6 Å². The predicted octanol–water partition coefficient (Wildman–Crippen LogP) is 2.40. The number of halogens is 2. The molecule has 0 saturated carbocycles. The van der Waals surface area contributed by atoms with Gasteiger partial charge in [-0.1, -0.05) is 0 Å². The van der Waals surface area contributed by atoms with E-state index in [1.54, 1.807) is 12.1 Å². The summed E-state index contributed by atoms with van der Waals surface area (Å²) in [6, 6.07) is 4.63. The SMILES string of the molecule is CCOCCCNC(=NCc1cc(OC)ccc1OC(F)F)NCc1nnc(C)n1C. The Labute approximate surface area is 180 Å². The van der Waals surface area contributed by atoms with E-state index < -0.39 is 6.61 Å². The van der Waals surface area contributed by atoms with Gasteiger partial charge >= 0.3 is 6.61 Å². The molecule has 1 aromatic heterocycles. The molecule has 0 aliphatic heterocycles. The van der Waals surface area contributed by atoms with Crippen molar-refractivity contribution in [1.29, 1.82) is 0 Å². The van der Waals surface area contributed by atoms with Crippen molar-refractivity contribution in [1.82, 2.24) is 25.4 Å². The molecule has 0 spiro atoms. The van der Waals surface area contributed by atoms with Crippen LogP contribution in [-0.2, 0) is 24.9 Å². The van der Waals surface area contributed by atoms with Crippen molar-refractivity contribution in [3.63, 3.8) is 0 Å². The number of ether oxygens (including phenoxy) is 3. The first kappa shape index (κ1) is 24.3. The van der Waals surface area contributed by atoms with Gasteiger partial charge in [-0.2, -0.15) is 8.78 Å². The molecule has 11 heteroatoms. The Bertz CT molecular complexity index is 844. The lowest BCUT2D eigenvalue weighted by Gasteiger charge is -2.14. The van der Waals surface area contributed by atoms with E-state index in [9.17, 15) is 8.78 Å². The van der Waals surface area contributed by atoms with E-state index in [0.717, 1.165) is 18.1 Å². The van der Waals surface area contributed by atoms with Crippen molar-refractivity contribution in [3.8, 4) is 11.5 Å². The first-order valence-corrected chi connectivity index (χ1v) is 10.0. The molecule has 0 radical (unpaired) electrons. The zero-order valence-corrected chi connectivity index (χ0v) is 18.3. The van der Waals surface area contributed by atoms with Crippen LogP contribution in [0.2, 0.25) is 0 Å². The molecule has 31 heavy (non-hydrogen) atoms. The number of hydrogen-bond acceptors (Lipinski definition) is 6. The highest BCUT2D eigenvalue weighted by Crippen LogP contribution is 2.26. The van der Waals surface area contributed by atoms with Crippen LogP contribution < -0.4 is 20.1 Å². The molecule has 0 saturated heterocycles. The van der Waals surface area contributed by atoms with Gasteiger partial charge in [-0.3, -0.25) is 0 Å². The summed E-state index contributed by atoms with van der Waals surface area (Å²) in [7, 11) is 3.38. The number of alkyl halides is 2. The summed E-state index contributed by atoms with van der Waals surface area (Å²) in [4.78, 5) is 4.52. The molecular formula is C20H30F2N6O3. The Balaban J connectivity index is 2.12. The minimum Gasteiger partial charge on any atom is -0.497 e. The van der Waals surface area contributed by atoms with Gasteiger partial charge in [-0.05, 0) is 38.5 Å². The normalized spacial score (nSPS) is 11.6. The summed E-state index contributed by atoms with van der Waals surface area (Å²) in [6.07, 6.45) is 0.788. The van der Waals surface area contributed by atoms with E-state index in [4.69, 9.17) is 9.47 Å².